The van der Waals surface area contributed by atoms with E-state index >= 15 is 0 Å². The first-order chi connectivity index (χ1) is 12.4. The van der Waals surface area contributed by atoms with Gasteiger partial charge in [-0.3, -0.25) is 9.79 Å². The van der Waals surface area contributed by atoms with E-state index in [1.807, 2.05) is 27.7 Å². The van der Waals surface area contributed by atoms with Crippen LogP contribution in [0.15, 0.2) is 29.3 Å². The average Bonchev–Trinajstić information content (AvgIpc) is 2.57. The number of nitrogens with zero attached hydrogens (tertiary/aromatic N) is 1. The molecule has 1 aromatic rings. The van der Waals surface area contributed by atoms with Crippen LogP contribution in [0, 0.1) is 5.41 Å². The molecule has 3 N–H and O–H groups in total. The number of carbonyl (C=O) groups excluding carboxylic acids is 1. The maximum absolute atomic E-state index is 12.9. The number of rotatable bonds is 6. The third-order valence-corrected chi connectivity index (χ3v) is 3.76. The van der Waals surface area contributed by atoms with Gasteiger partial charge >= 0.3 is 6.18 Å². The molecule has 1 rings (SSSR count). The molecule has 1 aromatic carbocycles. The van der Waals surface area contributed by atoms with Gasteiger partial charge in [0.25, 0.3) is 0 Å². The predicted molar refractivity (Wildman–Crippen MR) is 117 cm³/mol. The lowest BCUT2D eigenvalue weighted by Gasteiger charge is -2.20. The summed E-state index contributed by atoms with van der Waals surface area (Å²) < 4.78 is 38.6. The Morgan fingerprint density at radius 3 is 2.36 bits per heavy atom. The number of alkyl halides is 3. The molecular weight excluding hydrogens is 484 g/mol. The monoisotopic (exact) mass is 514 g/mol. The summed E-state index contributed by atoms with van der Waals surface area (Å²) in [5.74, 6) is 0.417. The standard InChI is InChI=1S/C19H29F3N4O.HI/c1-6-23-17(25-11-10-24-16(27)18(3,4)5)26-13(2)14-8-7-9-15(12-14)19(20,21)22;/h7-9,12-13H,6,10-11H2,1-5H3,(H,24,27)(H2,23,25,26);1H. The first-order valence-corrected chi connectivity index (χ1v) is 8.95. The Balaban J connectivity index is 0.00000729. The third-order valence-electron chi connectivity index (χ3n) is 3.76. The molecule has 0 aromatic heterocycles. The molecule has 0 aliphatic rings. The van der Waals surface area contributed by atoms with Crippen LogP contribution in [-0.4, -0.2) is 31.5 Å². The molecule has 0 aliphatic carbocycles. The van der Waals surface area contributed by atoms with Gasteiger partial charge in [0.2, 0.25) is 5.91 Å². The van der Waals surface area contributed by atoms with E-state index in [-0.39, 0.29) is 35.9 Å². The highest BCUT2D eigenvalue weighted by Crippen LogP contribution is 2.30. The van der Waals surface area contributed by atoms with E-state index < -0.39 is 17.2 Å². The number of nitrogens with one attached hydrogen (secondary N) is 3. The summed E-state index contributed by atoms with van der Waals surface area (Å²) in [5.41, 5.74) is -0.637. The summed E-state index contributed by atoms with van der Waals surface area (Å²) in [7, 11) is 0. The second kappa shape index (κ2) is 11.5. The molecule has 0 saturated carbocycles. The van der Waals surface area contributed by atoms with Gasteiger partial charge in [-0.15, -0.1) is 24.0 Å². The number of guanidine groups is 1. The zero-order valence-electron chi connectivity index (χ0n) is 16.9. The number of aliphatic imine (C=N–C) groups is 1. The van der Waals surface area contributed by atoms with Gasteiger partial charge in [-0.05, 0) is 31.5 Å². The zero-order chi connectivity index (χ0) is 20.7. The fourth-order valence-electron chi connectivity index (χ4n) is 2.20. The van der Waals surface area contributed by atoms with Crippen molar-refractivity contribution >= 4 is 35.8 Å². The largest absolute Gasteiger partial charge is 0.416 e. The first kappa shape index (κ1) is 26.5. The Morgan fingerprint density at radius 1 is 1.18 bits per heavy atom. The summed E-state index contributed by atoms with van der Waals surface area (Å²) >= 11 is 0. The second-order valence-electron chi connectivity index (χ2n) is 7.26. The average molecular weight is 514 g/mol. The van der Waals surface area contributed by atoms with Crippen molar-refractivity contribution in [2.24, 2.45) is 10.4 Å². The minimum absolute atomic E-state index is 0. The van der Waals surface area contributed by atoms with Crippen LogP contribution in [-0.2, 0) is 11.0 Å². The van der Waals surface area contributed by atoms with E-state index in [2.05, 4.69) is 20.9 Å². The quantitative estimate of drug-likeness (QED) is 0.232. The minimum Gasteiger partial charge on any atom is -0.357 e. The van der Waals surface area contributed by atoms with Crippen LogP contribution < -0.4 is 16.0 Å². The van der Waals surface area contributed by atoms with Gasteiger partial charge < -0.3 is 16.0 Å². The lowest BCUT2D eigenvalue weighted by Crippen LogP contribution is -2.40. The molecule has 0 heterocycles. The maximum Gasteiger partial charge on any atom is 0.416 e. The fourth-order valence-corrected chi connectivity index (χ4v) is 2.20. The van der Waals surface area contributed by atoms with E-state index in [0.717, 1.165) is 12.1 Å². The summed E-state index contributed by atoms with van der Waals surface area (Å²) in [6, 6.07) is 4.84. The van der Waals surface area contributed by atoms with Crippen LogP contribution in [0.1, 0.15) is 51.8 Å². The molecule has 1 unspecified atom stereocenters. The Bertz CT molecular complexity index is 657. The van der Waals surface area contributed by atoms with Gasteiger partial charge in [0, 0.05) is 18.5 Å². The van der Waals surface area contributed by atoms with Gasteiger partial charge in [0.1, 0.15) is 0 Å². The Kier molecular flexibility index (Phi) is 10.9. The molecule has 0 aliphatic heterocycles. The number of halogens is 4. The van der Waals surface area contributed by atoms with Crippen molar-refractivity contribution in [3.05, 3.63) is 35.4 Å². The molecule has 0 radical (unpaired) electrons. The Hall–Kier alpha value is -1.52. The highest BCUT2D eigenvalue weighted by molar-refractivity contribution is 14.0. The van der Waals surface area contributed by atoms with Gasteiger partial charge in [0.15, 0.2) is 5.96 Å². The molecule has 9 heteroatoms. The van der Waals surface area contributed by atoms with Crippen molar-refractivity contribution in [1.82, 2.24) is 16.0 Å². The van der Waals surface area contributed by atoms with E-state index in [0.29, 0.717) is 31.2 Å². The van der Waals surface area contributed by atoms with Gasteiger partial charge in [-0.2, -0.15) is 13.2 Å². The summed E-state index contributed by atoms with van der Waals surface area (Å²) in [6.07, 6.45) is -4.38. The van der Waals surface area contributed by atoms with Crippen molar-refractivity contribution < 1.29 is 18.0 Å². The molecule has 160 valence electrons. The van der Waals surface area contributed by atoms with E-state index in [4.69, 9.17) is 0 Å². The van der Waals surface area contributed by atoms with Crippen LogP contribution in [0.25, 0.3) is 0 Å². The van der Waals surface area contributed by atoms with Crippen molar-refractivity contribution in [3.63, 3.8) is 0 Å². The predicted octanol–water partition coefficient (Wildman–Crippen LogP) is 4.10. The van der Waals surface area contributed by atoms with Crippen LogP contribution in [0.4, 0.5) is 13.2 Å². The molecule has 0 saturated heterocycles. The topological polar surface area (TPSA) is 65.5 Å². The molecule has 0 bridgehead atoms. The maximum atomic E-state index is 12.9. The second-order valence-corrected chi connectivity index (χ2v) is 7.26. The zero-order valence-corrected chi connectivity index (χ0v) is 19.2. The molecule has 5 nitrogen and oxygen atoms in total. The number of hydrogen-bond acceptors (Lipinski definition) is 2. The SMILES string of the molecule is CCNC(=NCCNC(=O)C(C)(C)C)NC(C)c1cccc(C(F)(F)F)c1.I. The van der Waals surface area contributed by atoms with Gasteiger partial charge in [0.05, 0.1) is 18.2 Å². The highest BCUT2D eigenvalue weighted by Gasteiger charge is 2.30. The lowest BCUT2D eigenvalue weighted by atomic mass is 9.96. The highest BCUT2D eigenvalue weighted by atomic mass is 127. The third kappa shape index (κ3) is 9.11. The molecule has 0 spiro atoms. The van der Waals surface area contributed by atoms with Crippen LogP contribution in [0.2, 0.25) is 0 Å². The molecule has 0 fully saturated rings. The fraction of sp³-hybridized carbons (Fsp3) is 0.579. The summed E-state index contributed by atoms with van der Waals surface area (Å²) in [5, 5.41) is 8.94. The molecular formula is C19H30F3IN4O. The molecule has 1 atom stereocenters. The Labute approximate surface area is 182 Å². The summed E-state index contributed by atoms with van der Waals surface area (Å²) in [4.78, 5) is 16.2. The van der Waals surface area contributed by atoms with Gasteiger partial charge in [-0.25, -0.2) is 0 Å². The molecule has 28 heavy (non-hydrogen) atoms. The van der Waals surface area contributed by atoms with Crippen molar-refractivity contribution in [2.75, 3.05) is 19.6 Å². The summed E-state index contributed by atoms with van der Waals surface area (Å²) in [6.45, 7) is 10.5. The van der Waals surface area contributed by atoms with Gasteiger partial charge in [-0.1, -0.05) is 32.9 Å². The normalized spacial score (nSPS) is 13.4. The van der Waals surface area contributed by atoms with E-state index in [9.17, 15) is 18.0 Å². The van der Waals surface area contributed by atoms with E-state index in [1.165, 1.54) is 6.07 Å². The number of carbonyl (C=O) groups is 1. The Morgan fingerprint density at radius 2 is 1.82 bits per heavy atom. The minimum atomic E-state index is -4.38. The number of amides is 1. The van der Waals surface area contributed by atoms with Crippen molar-refractivity contribution in [1.29, 1.82) is 0 Å². The number of hydrogen-bond donors (Lipinski definition) is 3. The van der Waals surface area contributed by atoms with Crippen LogP contribution in [0.3, 0.4) is 0 Å². The van der Waals surface area contributed by atoms with Crippen LogP contribution >= 0.6 is 24.0 Å². The van der Waals surface area contributed by atoms with Crippen LogP contribution in [0.5, 0.6) is 0 Å². The van der Waals surface area contributed by atoms with Crippen molar-refractivity contribution in [2.45, 2.75) is 46.8 Å². The first-order valence-electron chi connectivity index (χ1n) is 8.95. The smallest absolute Gasteiger partial charge is 0.357 e. The molecule has 1 amide bonds. The lowest BCUT2D eigenvalue weighted by molar-refractivity contribution is -0.137. The number of benzene rings is 1. The van der Waals surface area contributed by atoms with E-state index in [1.54, 1.807) is 13.0 Å². The van der Waals surface area contributed by atoms with Crippen molar-refractivity contribution in [3.8, 4) is 0 Å².